The summed E-state index contributed by atoms with van der Waals surface area (Å²) in [6, 6.07) is 8.64. The average Bonchev–Trinajstić information content (AvgIpc) is 2.72. The SMILES string of the molecule is CCOC(=O)N1CCC(NC(N)=NCc2ccccc2CN(CC)CC)CC1. The van der Waals surface area contributed by atoms with Gasteiger partial charge in [0.25, 0.3) is 0 Å². The van der Waals surface area contributed by atoms with Crippen molar-refractivity contribution in [1.82, 2.24) is 15.1 Å². The van der Waals surface area contributed by atoms with E-state index >= 15 is 0 Å². The lowest BCUT2D eigenvalue weighted by Gasteiger charge is -2.31. The van der Waals surface area contributed by atoms with Crippen LogP contribution in [0, 0.1) is 0 Å². The Morgan fingerprint density at radius 2 is 1.86 bits per heavy atom. The van der Waals surface area contributed by atoms with Gasteiger partial charge in [0.15, 0.2) is 5.96 Å². The van der Waals surface area contributed by atoms with E-state index in [9.17, 15) is 4.79 Å². The number of rotatable bonds is 8. The Kier molecular flexibility index (Phi) is 9.07. The molecule has 1 heterocycles. The van der Waals surface area contributed by atoms with Crippen LogP contribution in [0.25, 0.3) is 0 Å². The first-order valence-electron chi connectivity index (χ1n) is 10.3. The molecule has 156 valence electrons. The van der Waals surface area contributed by atoms with Crippen molar-refractivity contribution < 1.29 is 9.53 Å². The molecule has 0 aromatic heterocycles. The van der Waals surface area contributed by atoms with E-state index in [4.69, 9.17) is 10.5 Å². The molecule has 1 aliphatic rings. The van der Waals surface area contributed by atoms with E-state index in [2.05, 4.69) is 47.3 Å². The van der Waals surface area contributed by atoms with Gasteiger partial charge < -0.3 is 20.7 Å². The average molecular weight is 390 g/mol. The van der Waals surface area contributed by atoms with Crippen LogP contribution in [0.1, 0.15) is 44.7 Å². The van der Waals surface area contributed by atoms with Crippen LogP contribution in [0.15, 0.2) is 29.3 Å². The van der Waals surface area contributed by atoms with E-state index < -0.39 is 0 Å². The van der Waals surface area contributed by atoms with Crippen molar-refractivity contribution >= 4 is 12.1 Å². The standard InChI is InChI=1S/C21H35N5O2/c1-4-25(5-2)16-18-10-8-7-9-17(18)15-23-20(22)24-19-11-13-26(14-12-19)21(27)28-6-3/h7-10,19H,4-6,11-16H2,1-3H3,(H3,22,23,24). The molecular weight excluding hydrogens is 354 g/mol. The molecule has 0 saturated carbocycles. The lowest BCUT2D eigenvalue weighted by atomic mass is 10.1. The predicted octanol–water partition coefficient (Wildman–Crippen LogP) is 2.55. The van der Waals surface area contributed by atoms with Crippen molar-refractivity contribution in [2.45, 2.75) is 52.7 Å². The molecule has 1 aromatic carbocycles. The van der Waals surface area contributed by atoms with Crippen LogP contribution >= 0.6 is 0 Å². The van der Waals surface area contributed by atoms with E-state index in [0.717, 1.165) is 32.5 Å². The molecule has 1 amide bonds. The summed E-state index contributed by atoms with van der Waals surface area (Å²) in [7, 11) is 0. The number of amides is 1. The van der Waals surface area contributed by atoms with E-state index in [-0.39, 0.29) is 12.1 Å². The van der Waals surface area contributed by atoms with Crippen LogP contribution in [0.2, 0.25) is 0 Å². The van der Waals surface area contributed by atoms with Gasteiger partial charge in [0.2, 0.25) is 0 Å². The molecule has 7 heteroatoms. The van der Waals surface area contributed by atoms with Gasteiger partial charge in [-0.2, -0.15) is 0 Å². The molecule has 0 bridgehead atoms. The highest BCUT2D eigenvalue weighted by Crippen LogP contribution is 2.14. The number of piperidine rings is 1. The van der Waals surface area contributed by atoms with Crippen molar-refractivity contribution in [3.8, 4) is 0 Å². The van der Waals surface area contributed by atoms with Gasteiger partial charge in [0.05, 0.1) is 13.2 Å². The van der Waals surface area contributed by atoms with Gasteiger partial charge in [0, 0.05) is 25.7 Å². The Balaban J connectivity index is 1.86. The second-order valence-electron chi connectivity index (χ2n) is 7.04. The van der Waals surface area contributed by atoms with Gasteiger partial charge in [-0.1, -0.05) is 38.1 Å². The second kappa shape index (κ2) is 11.5. The summed E-state index contributed by atoms with van der Waals surface area (Å²) < 4.78 is 5.05. The van der Waals surface area contributed by atoms with Gasteiger partial charge in [-0.05, 0) is 44.0 Å². The van der Waals surface area contributed by atoms with Gasteiger partial charge in [0.1, 0.15) is 0 Å². The minimum Gasteiger partial charge on any atom is -0.450 e. The van der Waals surface area contributed by atoms with Gasteiger partial charge in [-0.3, -0.25) is 4.90 Å². The van der Waals surface area contributed by atoms with Crippen molar-refractivity contribution in [3.63, 3.8) is 0 Å². The fraction of sp³-hybridized carbons (Fsp3) is 0.619. The number of nitrogens with two attached hydrogens (primary N) is 1. The summed E-state index contributed by atoms with van der Waals surface area (Å²) in [6.45, 7) is 11.5. The Morgan fingerprint density at radius 3 is 2.46 bits per heavy atom. The monoisotopic (exact) mass is 389 g/mol. The molecule has 7 nitrogen and oxygen atoms in total. The molecule has 28 heavy (non-hydrogen) atoms. The second-order valence-corrected chi connectivity index (χ2v) is 7.04. The highest BCUT2D eigenvalue weighted by molar-refractivity contribution is 5.78. The number of carbonyl (C=O) groups is 1. The maximum atomic E-state index is 11.8. The maximum absolute atomic E-state index is 11.8. The number of likely N-dealkylation sites (tertiary alicyclic amines) is 1. The number of nitrogens with zero attached hydrogens (tertiary/aromatic N) is 3. The molecule has 0 atom stereocenters. The highest BCUT2D eigenvalue weighted by atomic mass is 16.6. The van der Waals surface area contributed by atoms with Gasteiger partial charge >= 0.3 is 6.09 Å². The third-order valence-corrected chi connectivity index (χ3v) is 5.20. The maximum Gasteiger partial charge on any atom is 0.409 e. The van der Waals surface area contributed by atoms with E-state index in [0.29, 0.717) is 32.2 Å². The normalized spacial score (nSPS) is 15.7. The van der Waals surface area contributed by atoms with E-state index in [1.54, 1.807) is 4.90 Å². The minimum absolute atomic E-state index is 0.229. The van der Waals surface area contributed by atoms with Gasteiger partial charge in [-0.25, -0.2) is 9.79 Å². The van der Waals surface area contributed by atoms with Crippen LogP contribution in [0.3, 0.4) is 0 Å². The number of guanidine groups is 1. The number of benzene rings is 1. The summed E-state index contributed by atoms with van der Waals surface area (Å²) >= 11 is 0. The molecule has 1 saturated heterocycles. The third-order valence-electron chi connectivity index (χ3n) is 5.20. The van der Waals surface area contributed by atoms with Crippen LogP contribution in [0.4, 0.5) is 4.79 Å². The first-order chi connectivity index (χ1) is 13.6. The number of ether oxygens (including phenoxy) is 1. The summed E-state index contributed by atoms with van der Waals surface area (Å²) in [4.78, 5) is 20.5. The third kappa shape index (κ3) is 6.71. The topological polar surface area (TPSA) is 83.2 Å². The number of nitrogens with one attached hydrogen (secondary N) is 1. The lowest BCUT2D eigenvalue weighted by molar-refractivity contribution is 0.0963. The molecule has 1 aromatic rings. The summed E-state index contributed by atoms with van der Waals surface area (Å²) in [5.74, 6) is 0.465. The Bertz CT molecular complexity index is 637. The Labute approximate surface area is 168 Å². The lowest BCUT2D eigenvalue weighted by Crippen LogP contribution is -2.48. The van der Waals surface area contributed by atoms with Crippen molar-refractivity contribution in [2.75, 3.05) is 32.8 Å². The van der Waals surface area contributed by atoms with E-state index in [1.807, 2.05) is 13.0 Å². The molecule has 1 aliphatic heterocycles. The molecule has 0 spiro atoms. The van der Waals surface area contributed by atoms with Crippen LogP contribution in [-0.2, 0) is 17.8 Å². The van der Waals surface area contributed by atoms with Crippen LogP contribution < -0.4 is 11.1 Å². The first kappa shape index (κ1) is 22.0. The highest BCUT2D eigenvalue weighted by Gasteiger charge is 2.23. The molecule has 2 rings (SSSR count). The predicted molar refractivity (Wildman–Crippen MR) is 113 cm³/mol. The molecular formula is C21H35N5O2. The Morgan fingerprint density at radius 1 is 1.21 bits per heavy atom. The fourth-order valence-corrected chi connectivity index (χ4v) is 3.40. The largest absolute Gasteiger partial charge is 0.450 e. The first-order valence-corrected chi connectivity index (χ1v) is 10.3. The number of hydrogen-bond acceptors (Lipinski definition) is 4. The smallest absolute Gasteiger partial charge is 0.409 e. The van der Waals surface area contributed by atoms with Crippen LogP contribution in [0.5, 0.6) is 0 Å². The minimum atomic E-state index is -0.229. The Hall–Kier alpha value is -2.28. The molecule has 0 aliphatic carbocycles. The van der Waals surface area contributed by atoms with Gasteiger partial charge in [-0.15, -0.1) is 0 Å². The molecule has 3 N–H and O–H groups in total. The zero-order valence-corrected chi connectivity index (χ0v) is 17.5. The number of carbonyl (C=O) groups excluding carboxylic acids is 1. The summed E-state index contributed by atoms with van der Waals surface area (Å²) in [6.07, 6.45) is 1.45. The van der Waals surface area contributed by atoms with E-state index in [1.165, 1.54) is 11.1 Å². The summed E-state index contributed by atoms with van der Waals surface area (Å²) in [5, 5.41) is 3.30. The van der Waals surface area contributed by atoms with Crippen molar-refractivity contribution in [1.29, 1.82) is 0 Å². The number of hydrogen-bond donors (Lipinski definition) is 2. The van der Waals surface area contributed by atoms with Crippen molar-refractivity contribution in [3.05, 3.63) is 35.4 Å². The molecule has 0 radical (unpaired) electrons. The molecule has 0 unspecified atom stereocenters. The zero-order chi connectivity index (χ0) is 20.4. The fourth-order valence-electron chi connectivity index (χ4n) is 3.40. The van der Waals surface area contributed by atoms with Crippen LogP contribution in [-0.4, -0.2) is 60.7 Å². The van der Waals surface area contributed by atoms with Crippen molar-refractivity contribution in [2.24, 2.45) is 10.7 Å². The quantitative estimate of drug-likeness (QED) is 0.527. The zero-order valence-electron chi connectivity index (χ0n) is 17.5. The molecule has 1 fully saturated rings. The number of aliphatic imine (C=N–C) groups is 1. The summed E-state index contributed by atoms with van der Waals surface area (Å²) in [5.41, 5.74) is 8.62.